The maximum absolute atomic E-state index is 13.4. The fourth-order valence-electron chi connectivity index (χ4n) is 4.42. The van der Waals surface area contributed by atoms with Crippen molar-refractivity contribution in [2.45, 2.75) is 28.7 Å². The largest absolute Gasteiger partial charge is 0.478 e. The average molecular weight is 465 g/mol. The van der Waals surface area contributed by atoms with E-state index >= 15 is 0 Å². The van der Waals surface area contributed by atoms with E-state index in [1.807, 2.05) is 0 Å². The van der Waals surface area contributed by atoms with Crippen LogP contribution in [0.25, 0.3) is 10.8 Å². The number of nitrogens with zero attached hydrogens (tertiary/aromatic N) is 1. The standard InChI is InChI=1S/C24H19NO7S/c26-22-18-5-1-4-17-20(33(30,31)16-8-6-14(7-9-16)24(28)29)11-10-19(21(17)18)23(27)25(22)13-15-3-2-12-32-15/h1,4-11,15H,2-3,12-13H2,(H,28,29). The molecule has 0 radical (unpaired) electrons. The predicted molar refractivity (Wildman–Crippen MR) is 117 cm³/mol. The van der Waals surface area contributed by atoms with Gasteiger partial charge in [-0.3, -0.25) is 14.5 Å². The van der Waals surface area contributed by atoms with Gasteiger partial charge >= 0.3 is 5.97 Å². The van der Waals surface area contributed by atoms with Gasteiger partial charge in [0.25, 0.3) is 11.8 Å². The number of carbonyl (C=O) groups is 3. The van der Waals surface area contributed by atoms with E-state index in [2.05, 4.69) is 0 Å². The van der Waals surface area contributed by atoms with Crippen LogP contribution in [-0.4, -0.2) is 55.5 Å². The minimum atomic E-state index is -4.04. The van der Waals surface area contributed by atoms with E-state index in [9.17, 15) is 22.8 Å². The van der Waals surface area contributed by atoms with Crippen LogP contribution in [0.4, 0.5) is 0 Å². The molecular weight excluding hydrogens is 446 g/mol. The molecule has 0 bridgehead atoms. The molecule has 168 valence electrons. The van der Waals surface area contributed by atoms with Crippen LogP contribution in [0.2, 0.25) is 0 Å². The fraction of sp³-hybridized carbons (Fsp3) is 0.208. The highest BCUT2D eigenvalue weighted by atomic mass is 32.2. The van der Waals surface area contributed by atoms with Crippen molar-refractivity contribution in [3.05, 3.63) is 71.3 Å². The molecular formula is C24H19NO7S. The molecule has 2 amide bonds. The van der Waals surface area contributed by atoms with E-state index in [-0.39, 0.29) is 44.5 Å². The van der Waals surface area contributed by atoms with Gasteiger partial charge in [0.05, 0.1) is 28.0 Å². The number of ether oxygens (including phenoxy) is 1. The molecule has 1 unspecified atom stereocenters. The van der Waals surface area contributed by atoms with Crippen molar-refractivity contribution >= 4 is 38.4 Å². The minimum absolute atomic E-state index is 0.0339. The highest BCUT2D eigenvalue weighted by molar-refractivity contribution is 7.91. The number of rotatable bonds is 5. The molecule has 0 saturated carbocycles. The lowest BCUT2D eigenvalue weighted by molar-refractivity contribution is 0.0437. The second kappa shape index (κ2) is 7.79. The first kappa shape index (κ1) is 21.3. The lowest BCUT2D eigenvalue weighted by Crippen LogP contribution is -2.44. The Hall–Kier alpha value is -3.56. The van der Waals surface area contributed by atoms with Crippen LogP contribution in [0.3, 0.4) is 0 Å². The zero-order chi connectivity index (χ0) is 23.3. The third-order valence-corrected chi connectivity index (χ3v) is 7.89. The molecule has 3 aromatic carbocycles. The second-order valence-electron chi connectivity index (χ2n) is 8.03. The summed E-state index contributed by atoms with van der Waals surface area (Å²) in [5.74, 6) is -2.12. The number of hydrogen-bond acceptors (Lipinski definition) is 6. The molecule has 0 spiro atoms. The molecule has 1 N–H and O–H groups in total. The Morgan fingerprint density at radius 1 is 1.00 bits per heavy atom. The van der Waals surface area contributed by atoms with Crippen molar-refractivity contribution in [1.82, 2.24) is 4.90 Å². The SMILES string of the molecule is O=C(O)c1ccc(S(=O)(=O)c2ccc3c4c(cccc24)C(=O)N(CC2CCCO2)C3=O)cc1. The number of amides is 2. The molecule has 2 heterocycles. The number of aromatic carboxylic acids is 1. The summed E-state index contributed by atoms with van der Waals surface area (Å²) in [6.07, 6.45) is 1.44. The summed E-state index contributed by atoms with van der Waals surface area (Å²) >= 11 is 0. The average Bonchev–Trinajstić information content (AvgIpc) is 3.33. The van der Waals surface area contributed by atoms with Gasteiger partial charge < -0.3 is 9.84 Å². The van der Waals surface area contributed by atoms with Crippen molar-refractivity contribution < 1.29 is 32.6 Å². The van der Waals surface area contributed by atoms with Crippen molar-refractivity contribution in [1.29, 1.82) is 0 Å². The fourth-order valence-corrected chi connectivity index (χ4v) is 5.87. The zero-order valence-corrected chi connectivity index (χ0v) is 18.2. The van der Waals surface area contributed by atoms with Gasteiger partial charge in [-0.25, -0.2) is 13.2 Å². The highest BCUT2D eigenvalue weighted by Crippen LogP contribution is 2.36. The smallest absolute Gasteiger partial charge is 0.335 e. The summed E-state index contributed by atoms with van der Waals surface area (Å²) < 4.78 is 32.3. The Labute approximate surface area is 189 Å². The number of carbonyl (C=O) groups excluding carboxylic acids is 2. The van der Waals surface area contributed by atoms with Crippen LogP contribution in [0.1, 0.15) is 43.9 Å². The van der Waals surface area contributed by atoms with Gasteiger partial charge in [0.1, 0.15) is 0 Å². The molecule has 9 heteroatoms. The zero-order valence-electron chi connectivity index (χ0n) is 17.4. The summed E-state index contributed by atoms with van der Waals surface area (Å²) in [5, 5.41) is 9.64. The maximum Gasteiger partial charge on any atom is 0.335 e. The Morgan fingerprint density at radius 3 is 2.33 bits per heavy atom. The van der Waals surface area contributed by atoms with Crippen LogP contribution >= 0.6 is 0 Å². The summed E-state index contributed by atoms with van der Waals surface area (Å²) in [4.78, 5) is 38.5. The predicted octanol–water partition coefficient (Wildman–Crippen LogP) is 3.15. The van der Waals surface area contributed by atoms with Gasteiger partial charge in [0.2, 0.25) is 9.84 Å². The van der Waals surface area contributed by atoms with E-state index < -0.39 is 27.6 Å². The second-order valence-corrected chi connectivity index (χ2v) is 9.95. The van der Waals surface area contributed by atoms with Gasteiger partial charge in [-0.1, -0.05) is 12.1 Å². The third-order valence-electron chi connectivity index (χ3n) is 6.06. The molecule has 2 aliphatic rings. The highest BCUT2D eigenvalue weighted by Gasteiger charge is 2.36. The molecule has 1 fully saturated rings. The Morgan fingerprint density at radius 2 is 1.70 bits per heavy atom. The van der Waals surface area contributed by atoms with E-state index in [0.29, 0.717) is 12.0 Å². The Balaban J connectivity index is 1.62. The number of sulfone groups is 1. The maximum atomic E-state index is 13.4. The Bertz CT molecular complexity index is 1400. The summed E-state index contributed by atoms with van der Waals surface area (Å²) in [5.41, 5.74) is 0.491. The van der Waals surface area contributed by atoms with E-state index in [1.165, 1.54) is 41.3 Å². The number of hydrogen-bond donors (Lipinski definition) is 1. The molecule has 5 rings (SSSR count). The molecule has 0 aliphatic carbocycles. The van der Waals surface area contributed by atoms with E-state index in [4.69, 9.17) is 9.84 Å². The van der Waals surface area contributed by atoms with Crippen molar-refractivity contribution in [3.8, 4) is 0 Å². The number of carboxylic acid groups (broad SMARTS) is 1. The van der Waals surface area contributed by atoms with Gasteiger partial charge in [-0.05, 0) is 55.3 Å². The molecule has 33 heavy (non-hydrogen) atoms. The van der Waals surface area contributed by atoms with E-state index in [0.717, 1.165) is 12.8 Å². The first-order valence-corrected chi connectivity index (χ1v) is 11.9. The number of benzene rings is 3. The van der Waals surface area contributed by atoms with E-state index in [1.54, 1.807) is 18.2 Å². The summed E-state index contributed by atoms with van der Waals surface area (Å²) in [7, 11) is -4.04. The first-order valence-electron chi connectivity index (χ1n) is 10.4. The normalized spacial score (nSPS) is 18.2. The lowest BCUT2D eigenvalue weighted by atomic mass is 9.94. The van der Waals surface area contributed by atoms with Crippen LogP contribution in [-0.2, 0) is 14.6 Å². The van der Waals surface area contributed by atoms with Crippen LogP contribution < -0.4 is 0 Å². The van der Waals surface area contributed by atoms with Crippen LogP contribution in [0.5, 0.6) is 0 Å². The van der Waals surface area contributed by atoms with Gasteiger partial charge in [0, 0.05) is 28.5 Å². The molecule has 0 aromatic heterocycles. The number of imide groups is 1. The topological polar surface area (TPSA) is 118 Å². The quantitative estimate of drug-likeness (QED) is 0.575. The van der Waals surface area contributed by atoms with Gasteiger partial charge in [-0.2, -0.15) is 0 Å². The van der Waals surface area contributed by atoms with Crippen LogP contribution in [0, 0.1) is 0 Å². The molecule has 1 saturated heterocycles. The third kappa shape index (κ3) is 3.40. The number of carboxylic acids is 1. The van der Waals surface area contributed by atoms with Crippen LogP contribution in [0.15, 0.2) is 64.4 Å². The summed E-state index contributed by atoms with van der Waals surface area (Å²) in [6, 6.07) is 12.4. The molecule has 8 nitrogen and oxygen atoms in total. The summed E-state index contributed by atoms with van der Waals surface area (Å²) in [6.45, 7) is 0.755. The first-order chi connectivity index (χ1) is 15.8. The van der Waals surface area contributed by atoms with Crippen molar-refractivity contribution in [2.75, 3.05) is 13.2 Å². The molecule has 3 aromatic rings. The molecule has 1 atom stereocenters. The lowest BCUT2D eigenvalue weighted by Gasteiger charge is -2.29. The monoisotopic (exact) mass is 465 g/mol. The van der Waals surface area contributed by atoms with Crippen molar-refractivity contribution in [3.63, 3.8) is 0 Å². The molecule has 2 aliphatic heterocycles. The van der Waals surface area contributed by atoms with Gasteiger partial charge in [0.15, 0.2) is 0 Å². The Kier molecular flexibility index (Phi) is 5.02. The minimum Gasteiger partial charge on any atom is -0.478 e. The van der Waals surface area contributed by atoms with Gasteiger partial charge in [-0.15, -0.1) is 0 Å². The van der Waals surface area contributed by atoms with Crippen molar-refractivity contribution in [2.24, 2.45) is 0 Å².